The Kier molecular flexibility index (Phi) is 11.7. The minimum Gasteiger partial charge on any atom is -0.350 e. The van der Waals surface area contributed by atoms with E-state index in [1.807, 2.05) is 6.92 Å². The summed E-state index contributed by atoms with van der Waals surface area (Å²) in [7, 11) is 0. The van der Waals surface area contributed by atoms with Gasteiger partial charge >= 0.3 is 0 Å². The van der Waals surface area contributed by atoms with Crippen LogP contribution in [0.3, 0.4) is 0 Å². The minimum absolute atomic E-state index is 0.0428. The molecule has 116 valence electrons. The number of Topliss-reactive ketones (excluding diaryl/α,β-unsaturated/α-hetero) is 1. The first kappa shape index (κ1) is 18.6. The molecule has 0 aromatic carbocycles. The third-order valence-corrected chi connectivity index (χ3v) is 2.85. The lowest BCUT2D eigenvalue weighted by Gasteiger charge is -2.05. The Hall–Kier alpha value is -1.43. The van der Waals surface area contributed by atoms with Crippen molar-refractivity contribution in [2.75, 3.05) is 26.2 Å². The predicted molar refractivity (Wildman–Crippen MR) is 77.1 cm³/mol. The first-order valence-electron chi connectivity index (χ1n) is 7.40. The van der Waals surface area contributed by atoms with E-state index in [2.05, 4.69) is 16.0 Å². The summed E-state index contributed by atoms with van der Waals surface area (Å²) < 4.78 is 0. The quantitative estimate of drug-likeness (QED) is 0.416. The highest BCUT2D eigenvalue weighted by atomic mass is 16.2. The van der Waals surface area contributed by atoms with Gasteiger partial charge in [0, 0.05) is 19.3 Å². The summed E-state index contributed by atoms with van der Waals surface area (Å²) in [6, 6.07) is 0. The van der Waals surface area contributed by atoms with E-state index in [-0.39, 0.29) is 17.6 Å². The molecular formula is C14H28N3O3+. The molecule has 0 aromatic rings. The summed E-state index contributed by atoms with van der Waals surface area (Å²) in [4.78, 5) is 33.1. The number of unbranched alkanes of at least 4 members (excludes halogenated alkanes) is 1. The SMILES string of the molecule is CCC(=O)NCC[NH2+]CCNC(=O)CCCCC(C)=O. The lowest BCUT2D eigenvalue weighted by Crippen LogP contribution is -2.87. The monoisotopic (exact) mass is 286 g/mol. The molecule has 6 nitrogen and oxygen atoms in total. The van der Waals surface area contributed by atoms with Crippen LogP contribution in [-0.4, -0.2) is 43.8 Å². The molecule has 0 rings (SSSR count). The largest absolute Gasteiger partial charge is 0.350 e. The summed E-state index contributed by atoms with van der Waals surface area (Å²) in [5, 5.41) is 7.69. The van der Waals surface area contributed by atoms with Crippen LogP contribution in [0.15, 0.2) is 0 Å². The number of hydrogen-bond acceptors (Lipinski definition) is 3. The Morgan fingerprint density at radius 1 is 0.900 bits per heavy atom. The summed E-state index contributed by atoms with van der Waals surface area (Å²) in [6.45, 7) is 6.31. The van der Waals surface area contributed by atoms with Crippen LogP contribution in [0.4, 0.5) is 0 Å². The zero-order valence-electron chi connectivity index (χ0n) is 12.7. The van der Waals surface area contributed by atoms with E-state index < -0.39 is 0 Å². The molecule has 0 aliphatic carbocycles. The molecule has 0 aliphatic heterocycles. The molecular weight excluding hydrogens is 258 g/mol. The van der Waals surface area contributed by atoms with Crippen LogP contribution in [0, 0.1) is 0 Å². The first-order valence-corrected chi connectivity index (χ1v) is 7.40. The summed E-state index contributed by atoms with van der Waals surface area (Å²) >= 11 is 0. The predicted octanol–water partition coefficient (Wildman–Crippen LogP) is -0.658. The fourth-order valence-corrected chi connectivity index (χ4v) is 1.64. The summed E-state index contributed by atoms with van der Waals surface area (Å²) in [5.74, 6) is 0.286. The van der Waals surface area contributed by atoms with E-state index in [1.54, 1.807) is 6.92 Å². The van der Waals surface area contributed by atoms with Gasteiger partial charge in [0.1, 0.15) is 5.78 Å². The van der Waals surface area contributed by atoms with E-state index in [9.17, 15) is 14.4 Å². The molecule has 6 heteroatoms. The van der Waals surface area contributed by atoms with Crippen LogP contribution >= 0.6 is 0 Å². The number of hydrogen-bond donors (Lipinski definition) is 3. The number of carbonyl (C=O) groups excluding carboxylic acids is 3. The number of amides is 2. The summed E-state index contributed by atoms with van der Waals surface area (Å²) in [6.07, 6.45) is 3.11. The molecule has 0 heterocycles. The molecule has 0 saturated heterocycles. The van der Waals surface area contributed by atoms with Gasteiger partial charge in [0.05, 0.1) is 26.2 Å². The molecule has 0 aromatic heterocycles. The smallest absolute Gasteiger partial charge is 0.220 e. The van der Waals surface area contributed by atoms with Gasteiger partial charge < -0.3 is 20.7 Å². The number of nitrogens with one attached hydrogen (secondary N) is 2. The molecule has 0 aliphatic rings. The summed E-state index contributed by atoms with van der Waals surface area (Å²) in [5.41, 5.74) is 0. The molecule has 2 amide bonds. The average Bonchev–Trinajstić information content (AvgIpc) is 2.42. The third kappa shape index (κ3) is 13.0. The van der Waals surface area contributed by atoms with Crippen molar-refractivity contribution in [2.45, 2.75) is 46.0 Å². The molecule has 0 saturated carbocycles. The van der Waals surface area contributed by atoms with Crippen molar-refractivity contribution in [1.82, 2.24) is 10.6 Å². The van der Waals surface area contributed by atoms with E-state index in [4.69, 9.17) is 0 Å². The zero-order valence-corrected chi connectivity index (χ0v) is 12.7. The van der Waals surface area contributed by atoms with Crippen molar-refractivity contribution in [3.8, 4) is 0 Å². The van der Waals surface area contributed by atoms with Gasteiger partial charge in [-0.3, -0.25) is 9.59 Å². The van der Waals surface area contributed by atoms with E-state index >= 15 is 0 Å². The zero-order chi connectivity index (χ0) is 15.2. The first-order chi connectivity index (χ1) is 9.56. The van der Waals surface area contributed by atoms with Gasteiger partial charge in [-0.2, -0.15) is 0 Å². The van der Waals surface area contributed by atoms with Crippen LogP contribution in [0.5, 0.6) is 0 Å². The van der Waals surface area contributed by atoms with Crippen molar-refractivity contribution < 1.29 is 19.7 Å². The Morgan fingerprint density at radius 3 is 2.00 bits per heavy atom. The van der Waals surface area contributed by atoms with Crippen molar-refractivity contribution in [3.63, 3.8) is 0 Å². The highest BCUT2D eigenvalue weighted by Gasteiger charge is 2.02. The second kappa shape index (κ2) is 12.6. The number of nitrogens with two attached hydrogens (primary N) is 1. The Balaban J connectivity index is 3.27. The molecule has 4 N–H and O–H groups in total. The lowest BCUT2D eigenvalue weighted by molar-refractivity contribution is -0.651. The highest BCUT2D eigenvalue weighted by molar-refractivity contribution is 5.76. The maximum Gasteiger partial charge on any atom is 0.220 e. The van der Waals surface area contributed by atoms with Gasteiger partial charge in [-0.25, -0.2) is 0 Å². The van der Waals surface area contributed by atoms with Crippen LogP contribution in [0.1, 0.15) is 46.0 Å². The fourth-order valence-electron chi connectivity index (χ4n) is 1.64. The van der Waals surface area contributed by atoms with Crippen LogP contribution in [0.2, 0.25) is 0 Å². The van der Waals surface area contributed by atoms with Crippen LogP contribution in [-0.2, 0) is 14.4 Å². The second-order valence-corrected chi connectivity index (χ2v) is 4.83. The Bertz CT molecular complexity index is 306. The van der Waals surface area contributed by atoms with Gasteiger partial charge in [-0.1, -0.05) is 6.92 Å². The molecule has 0 fully saturated rings. The van der Waals surface area contributed by atoms with Gasteiger partial charge in [0.2, 0.25) is 11.8 Å². The molecule has 0 spiro atoms. The number of rotatable bonds is 12. The molecule has 0 bridgehead atoms. The minimum atomic E-state index is 0.0428. The normalized spacial score (nSPS) is 10.1. The number of carbonyl (C=O) groups is 3. The Labute approximate surface area is 121 Å². The second-order valence-electron chi connectivity index (χ2n) is 4.83. The van der Waals surface area contributed by atoms with Gasteiger partial charge in [-0.05, 0) is 19.8 Å². The number of quaternary nitrogens is 1. The van der Waals surface area contributed by atoms with E-state index in [0.717, 1.165) is 25.9 Å². The van der Waals surface area contributed by atoms with Crippen molar-refractivity contribution in [2.24, 2.45) is 0 Å². The molecule has 0 unspecified atom stereocenters. The van der Waals surface area contributed by atoms with Gasteiger partial charge in [0.15, 0.2) is 0 Å². The maximum absolute atomic E-state index is 11.4. The van der Waals surface area contributed by atoms with Crippen molar-refractivity contribution in [1.29, 1.82) is 0 Å². The van der Waals surface area contributed by atoms with Gasteiger partial charge in [0.25, 0.3) is 0 Å². The molecule has 0 atom stereocenters. The van der Waals surface area contributed by atoms with E-state index in [1.165, 1.54) is 0 Å². The molecule has 20 heavy (non-hydrogen) atoms. The Morgan fingerprint density at radius 2 is 1.45 bits per heavy atom. The maximum atomic E-state index is 11.4. The lowest BCUT2D eigenvalue weighted by atomic mass is 10.1. The fraction of sp³-hybridized carbons (Fsp3) is 0.786. The third-order valence-electron chi connectivity index (χ3n) is 2.85. The average molecular weight is 286 g/mol. The van der Waals surface area contributed by atoms with Crippen molar-refractivity contribution in [3.05, 3.63) is 0 Å². The van der Waals surface area contributed by atoms with Crippen molar-refractivity contribution >= 4 is 17.6 Å². The topological polar surface area (TPSA) is 91.9 Å². The van der Waals surface area contributed by atoms with E-state index in [0.29, 0.717) is 32.4 Å². The number of ketones is 1. The standard InChI is InChI=1S/C14H27N3O3/c1-3-13(19)16-10-8-15-9-11-17-14(20)7-5-4-6-12(2)18/h15H,3-11H2,1-2H3,(H,16,19)(H,17,20)/p+1. The molecule has 0 radical (unpaired) electrons. The van der Waals surface area contributed by atoms with Crippen LogP contribution in [0.25, 0.3) is 0 Å². The van der Waals surface area contributed by atoms with Crippen LogP contribution < -0.4 is 16.0 Å². The van der Waals surface area contributed by atoms with Gasteiger partial charge in [-0.15, -0.1) is 0 Å². The highest BCUT2D eigenvalue weighted by Crippen LogP contribution is 1.99.